The van der Waals surface area contributed by atoms with Crippen molar-refractivity contribution >= 4 is 23.0 Å². The summed E-state index contributed by atoms with van der Waals surface area (Å²) in [5.74, 6) is 0.166. The standard InChI is InChI=1S/C16H22N4O3/c1-10(2)14(15(21)23-4)19-16(22)20(3)9-13-17-11-7-5-6-8-12(11)18-13/h5-8,10,14H,9H2,1-4H3,(H,17,18)(H,19,22)/t14-/m0/s1. The fourth-order valence-electron chi connectivity index (χ4n) is 2.24. The second-order valence-electron chi connectivity index (χ2n) is 5.75. The Hall–Kier alpha value is -2.57. The molecule has 1 aromatic heterocycles. The summed E-state index contributed by atoms with van der Waals surface area (Å²) in [5.41, 5.74) is 1.77. The number of hydrogen-bond donors (Lipinski definition) is 2. The predicted molar refractivity (Wildman–Crippen MR) is 86.7 cm³/mol. The zero-order valence-corrected chi connectivity index (χ0v) is 13.8. The fraction of sp³-hybridized carbons (Fsp3) is 0.438. The number of H-pyrrole nitrogens is 1. The smallest absolute Gasteiger partial charge is 0.328 e. The number of amides is 2. The van der Waals surface area contributed by atoms with E-state index < -0.39 is 12.0 Å². The SMILES string of the molecule is COC(=O)[C@@H](NC(=O)N(C)Cc1nc2ccccc2[nH]1)C(C)C. The molecule has 0 spiro atoms. The van der Waals surface area contributed by atoms with Gasteiger partial charge in [-0.25, -0.2) is 14.6 Å². The Balaban J connectivity index is 2.02. The molecule has 0 radical (unpaired) electrons. The molecule has 2 aromatic rings. The summed E-state index contributed by atoms with van der Waals surface area (Å²) < 4.78 is 4.72. The van der Waals surface area contributed by atoms with Crippen LogP contribution in [0.4, 0.5) is 4.79 Å². The molecule has 1 atom stereocenters. The molecule has 7 heteroatoms. The molecule has 7 nitrogen and oxygen atoms in total. The minimum atomic E-state index is -0.675. The van der Waals surface area contributed by atoms with Crippen LogP contribution in [0.15, 0.2) is 24.3 Å². The molecule has 124 valence electrons. The van der Waals surface area contributed by atoms with Gasteiger partial charge in [0.25, 0.3) is 0 Å². The number of carbonyl (C=O) groups is 2. The number of methoxy groups -OCH3 is 1. The Bertz CT molecular complexity index is 662. The Kier molecular flexibility index (Phi) is 5.20. The highest BCUT2D eigenvalue weighted by atomic mass is 16.5. The number of para-hydroxylation sites is 2. The first-order valence-corrected chi connectivity index (χ1v) is 7.45. The third-order valence-electron chi connectivity index (χ3n) is 3.57. The molecule has 0 aliphatic carbocycles. The Labute approximate surface area is 135 Å². The first-order valence-electron chi connectivity index (χ1n) is 7.45. The number of fused-ring (bicyclic) bond motifs is 1. The van der Waals surface area contributed by atoms with Crippen molar-refractivity contribution in [2.75, 3.05) is 14.2 Å². The largest absolute Gasteiger partial charge is 0.467 e. The van der Waals surface area contributed by atoms with Gasteiger partial charge in [0.05, 0.1) is 24.7 Å². The van der Waals surface area contributed by atoms with Crippen LogP contribution in [-0.4, -0.2) is 47.1 Å². The molecule has 1 aromatic carbocycles. The van der Waals surface area contributed by atoms with Crippen molar-refractivity contribution in [3.8, 4) is 0 Å². The van der Waals surface area contributed by atoms with Crippen LogP contribution < -0.4 is 5.32 Å². The highest BCUT2D eigenvalue weighted by Gasteiger charge is 2.26. The minimum Gasteiger partial charge on any atom is -0.467 e. The lowest BCUT2D eigenvalue weighted by molar-refractivity contribution is -0.144. The zero-order chi connectivity index (χ0) is 17.0. The monoisotopic (exact) mass is 318 g/mol. The molecule has 0 fully saturated rings. The van der Waals surface area contributed by atoms with Crippen LogP contribution in [0.25, 0.3) is 11.0 Å². The van der Waals surface area contributed by atoms with E-state index >= 15 is 0 Å². The molecule has 2 amide bonds. The van der Waals surface area contributed by atoms with Gasteiger partial charge in [-0.2, -0.15) is 0 Å². The van der Waals surface area contributed by atoms with Crippen LogP contribution in [0.2, 0.25) is 0 Å². The van der Waals surface area contributed by atoms with Gasteiger partial charge in [0.2, 0.25) is 0 Å². The maximum Gasteiger partial charge on any atom is 0.328 e. The first kappa shape index (κ1) is 16.8. The fourth-order valence-corrected chi connectivity index (χ4v) is 2.24. The van der Waals surface area contributed by atoms with E-state index in [2.05, 4.69) is 15.3 Å². The summed E-state index contributed by atoms with van der Waals surface area (Å²) in [6, 6.07) is 6.64. The summed E-state index contributed by atoms with van der Waals surface area (Å²) in [6.45, 7) is 4.01. The number of esters is 1. The number of benzene rings is 1. The van der Waals surface area contributed by atoms with Crippen molar-refractivity contribution in [3.63, 3.8) is 0 Å². The number of nitrogens with one attached hydrogen (secondary N) is 2. The number of ether oxygens (including phenoxy) is 1. The van der Waals surface area contributed by atoms with Gasteiger partial charge in [0.15, 0.2) is 0 Å². The number of imidazole rings is 1. The van der Waals surface area contributed by atoms with E-state index in [4.69, 9.17) is 4.74 Å². The van der Waals surface area contributed by atoms with Crippen LogP contribution in [0.3, 0.4) is 0 Å². The molecule has 0 saturated carbocycles. The number of carbonyl (C=O) groups excluding carboxylic acids is 2. The molecule has 2 N–H and O–H groups in total. The maximum atomic E-state index is 12.3. The van der Waals surface area contributed by atoms with Crippen molar-refractivity contribution in [1.29, 1.82) is 0 Å². The summed E-state index contributed by atoms with van der Waals surface area (Å²) in [6.07, 6.45) is 0. The van der Waals surface area contributed by atoms with Gasteiger partial charge >= 0.3 is 12.0 Å². The van der Waals surface area contributed by atoms with Gasteiger partial charge in [-0.3, -0.25) is 0 Å². The Morgan fingerprint density at radius 1 is 1.35 bits per heavy atom. The molecule has 0 unspecified atom stereocenters. The normalized spacial score (nSPS) is 12.2. The zero-order valence-electron chi connectivity index (χ0n) is 13.8. The average molecular weight is 318 g/mol. The van der Waals surface area contributed by atoms with Gasteiger partial charge in [-0.05, 0) is 18.1 Å². The number of aromatic amines is 1. The molecule has 0 aliphatic heterocycles. The van der Waals surface area contributed by atoms with E-state index in [0.717, 1.165) is 11.0 Å². The van der Waals surface area contributed by atoms with Gasteiger partial charge < -0.3 is 19.9 Å². The van der Waals surface area contributed by atoms with Crippen LogP contribution in [0.1, 0.15) is 19.7 Å². The number of aromatic nitrogens is 2. The number of rotatable bonds is 5. The van der Waals surface area contributed by atoms with Crippen molar-refractivity contribution in [2.24, 2.45) is 5.92 Å². The summed E-state index contributed by atoms with van der Waals surface area (Å²) >= 11 is 0. The van der Waals surface area contributed by atoms with E-state index in [1.807, 2.05) is 38.1 Å². The third kappa shape index (κ3) is 4.00. The summed E-state index contributed by atoms with van der Waals surface area (Å²) in [7, 11) is 2.96. The molecule has 23 heavy (non-hydrogen) atoms. The number of urea groups is 1. The molecule has 1 heterocycles. The quantitative estimate of drug-likeness (QED) is 0.824. The number of hydrogen-bond acceptors (Lipinski definition) is 4. The lowest BCUT2D eigenvalue weighted by Crippen LogP contribution is -2.49. The highest BCUT2D eigenvalue weighted by molar-refractivity contribution is 5.83. The Morgan fingerprint density at radius 3 is 2.65 bits per heavy atom. The molecule has 2 rings (SSSR count). The second kappa shape index (κ2) is 7.13. The van der Waals surface area contributed by atoms with Crippen molar-refractivity contribution in [3.05, 3.63) is 30.1 Å². The topological polar surface area (TPSA) is 87.3 Å². The molecular weight excluding hydrogens is 296 g/mol. The van der Waals surface area contributed by atoms with Crippen LogP contribution in [0, 0.1) is 5.92 Å². The van der Waals surface area contributed by atoms with Crippen molar-refractivity contribution < 1.29 is 14.3 Å². The predicted octanol–water partition coefficient (Wildman–Crippen LogP) is 1.90. The molecule has 0 bridgehead atoms. The van der Waals surface area contributed by atoms with Gasteiger partial charge in [0, 0.05) is 7.05 Å². The van der Waals surface area contributed by atoms with E-state index in [1.54, 1.807) is 7.05 Å². The second-order valence-corrected chi connectivity index (χ2v) is 5.75. The van der Waals surface area contributed by atoms with E-state index in [1.165, 1.54) is 12.0 Å². The van der Waals surface area contributed by atoms with E-state index in [-0.39, 0.29) is 11.9 Å². The lowest BCUT2D eigenvalue weighted by Gasteiger charge is -2.23. The lowest BCUT2D eigenvalue weighted by atomic mass is 10.1. The minimum absolute atomic E-state index is 0.0639. The average Bonchev–Trinajstić information content (AvgIpc) is 2.93. The van der Waals surface area contributed by atoms with Crippen LogP contribution >= 0.6 is 0 Å². The van der Waals surface area contributed by atoms with Gasteiger partial charge in [0.1, 0.15) is 11.9 Å². The van der Waals surface area contributed by atoms with Crippen molar-refractivity contribution in [2.45, 2.75) is 26.4 Å². The first-order chi connectivity index (χ1) is 10.9. The van der Waals surface area contributed by atoms with Crippen LogP contribution in [-0.2, 0) is 16.1 Å². The van der Waals surface area contributed by atoms with E-state index in [9.17, 15) is 9.59 Å². The number of nitrogens with zero attached hydrogens (tertiary/aromatic N) is 2. The van der Waals surface area contributed by atoms with Crippen LogP contribution in [0.5, 0.6) is 0 Å². The maximum absolute atomic E-state index is 12.3. The van der Waals surface area contributed by atoms with Gasteiger partial charge in [-0.15, -0.1) is 0 Å². The summed E-state index contributed by atoms with van der Waals surface area (Å²) in [5, 5.41) is 2.69. The molecule has 0 aliphatic rings. The molecular formula is C16H22N4O3. The van der Waals surface area contributed by atoms with Crippen molar-refractivity contribution in [1.82, 2.24) is 20.2 Å². The van der Waals surface area contributed by atoms with Gasteiger partial charge in [-0.1, -0.05) is 26.0 Å². The highest BCUT2D eigenvalue weighted by Crippen LogP contribution is 2.11. The summed E-state index contributed by atoms with van der Waals surface area (Å²) in [4.78, 5) is 33.0. The Morgan fingerprint density at radius 2 is 2.04 bits per heavy atom. The van der Waals surface area contributed by atoms with E-state index in [0.29, 0.717) is 12.4 Å². The third-order valence-corrected chi connectivity index (χ3v) is 3.57. The molecule has 0 saturated heterocycles.